The number of hydrogen-bond donors (Lipinski definition) is 2. The molecule has 0 bridgehead atoms. The van der Waals surface area contributed by atoms with E-state index in [0.717, 1.165) is 16.8 Å². The molecule has 18 heavy (non-hydrogen) atoms. The minimum absolute atomic E-state index is 0.108. The van der Waals surface area contributed by atoms with E-state index in [2.05, 4.69) is 5.32 Å². The average molecular weight is 248 g/mol. The maximum Gasteiger partial charge on any atom is 0.244 e. The van der Waals surface area contributed by atoms with E-state index in [1.165, 1.54) is 0 Å². The van der Waals surface area contributed by atoms with E-state index in [4.69, 9.17) is 10.5 Å². The smallest absolute Gasteiger partial charge is 0.244 e. The normalized spacial score (nSPS) is 18.4. The lowest BCUT2D eigenvalue weighted by molar-refractivity contribution is -0.124. The van der Waals surface area contributed by atoms with Crippen molar-refractivity contribution < 1.29 is 9.53 Å². The van der Waals surface area contributed by atoms with Crippen LogP contribution in [0.5, 0.6) is 0 Å². The van der Waals surface area contributed by atoms with E-state index in [-0.39, 0.29) is 5.91 Å². The van der Waals surface area contributed by atoms with E-state index in [9.17, 15) is 4.79 Å². The molecule has 0 aromatic heterocycles. The monoisotopic (exact) mass is 248 g/mol. The van der Waals surface area contributed by atoms with Crippen LogP contribution < -0.4 is 11.1 Å². The fourth-order valence-electron chi connectivity index (χ4n) is 2.21. The maximum absolute atomic E-state index is 12.3. The number of aryl methyl sites for hydroxylation is 2. The molecule has 0 radical (unpaired) electrons. The molecule has 2 rings (SSSR count). The Bertz CT molecular complexity index is 431. The van der Waals surface area contributed by atoms with Crippen LogP contribution in [0.15, 0.2) is 18.2 Å². The number of hydrogen-bond acceptors (Lipinski definition) is 3. The van der Waals surface area contributed by atoms with Crippen LogP contribution in [0.25, 0.3) is 0 Å². The SMILES string of the molecule is Cc1cccc(C)c1NC(=O)C1(N)CCOCC1. The topological polar surface area (TPSA) is 64.4 Å². The summed E-state index contributed by atoms with van der Waals surface area (Å²) in [6.07, 6.45) is 1.15. The average Bonchev–Trinajstić information content (AvgIpc) is 2.34. The van der Waals surface area contributed by atoms with Gasteiger partial charge in [0.2, 0.25) is 5.91 Å². The fraction of sp³-hybridized carbons (Fsp3) is 0.500. The summed E-state index contributed by atoms with van der Waals surface area (Å²) >= 11 is 0. The molecule has 98 valence electrons. The number of para-hydroxylation sites is 1. The van der Waals surface area contributed by atoms with E-state index in [1.54, 1.807) is 0 Å². The number of carbonyl (C=O) groups is 1. The highest BCUT2D eigenvalue weighted by atomic mass is 16.5. The number of benzene rings is 1. The summed E-state index contributed by atoms with van der Waals surface area (Å²) in [4.78, 5) is 12.3. The Labute approximate surface area is 108 Å². The van der Waals surface area contributed by atoms with Crippen LogP contribution in [0.4, 0.5) is 5.69 Å². The highest BCUT2D eigenvalue weighted by Gasteiger charge is 2.36. The van der Waals surface area contributed by atoms with Gasteiger partial charge in [0.1, 0.15) is 5.54 Å². The Balaban J connectivity index is 2.16. The number of amides is 1. The second-order valence-electron chi connectivity index (χ2n) is 4.99. The number of rotatable bonds is 2. The van der Waals surface area contributed by atoms with Gasteiger partial charge in [-0.25, -0.2) is 0 Å². The van der Waals surface area contributed by atoms with Crippen molar-refractivity contribution in [3.05, 3.63) is 29.3 Å². The van der Waals surface area contributed by atoms with Gasteiger partial charge in [-0.2, -0.15) is 0 Å². The Kier molecular flexibility index (Phi) is 3.68. The number of nitrogens with two attached hydrogens (primary N) is 1. The van der Waals surface area contributed by atoms with Crippen LogP contribution in [-0.4, -0.2) is 24.7 Å². The van der Waals surface area contributed by atoms with Crippen LogP contribution in [0, 0.1) is 13.8 Å². The molecule has 0 atom stereocenters. The second kappa shape index (κ2) is 5.08. The van der Waals surface area contributed by atoms with Gasteiger partial charge in [0, 0.05) is 18.9 Å². The van der Waals surface area contributed by atoms with E-state index in [0.29, 0.717) is 26.1 Å². The minimum Gasteiger partial charge on any atom is -0.381 e. The van der Waals surface area contributed by atoms with Gasteiger partial charge < -0.3 is 15.8 Å². The third-order valence-electron chi connectivity index (χ3n) is 3.56. The standard InChI is InChI=1S/C14H20N2O2/c1-10-4-3-5-11(2)12(10)16-13(17)14(15)6-8-18-9-7-14/h3-5H,6-9,15H2,1-2H3,(H,16,17). The molecule has 0 saturated carbocycles. The highest BCUT2D eigenvalue weighted by Crippen LogP contribution is 2.24. The summed E-state index contributed by atoms with van der Waals surface area (Å²) < 4.78 is 5.25. The zero-order chi connectivity index (χ0) is 13.2. The Morgan fingerprint density at radius 1 is 1.28 bits per heavy atom. The molecule has 1 saturated heterocycles. The van der Waals surface area contributed by atoms with Crippen molar-refractivity contribution >= 4 is 11.6 Å². The minimum atomic E-state index is -0.799. The lowest BCUT2D eigenvalue weighted by Gasteiger charge is -2.32. The number of ether oxygens (including phenoxy) is 1. The zero-order valence-electron chi connectivity index (χ0n) is 11.0. The van der Waals surface area contributed by atoms with E-state index < -0.39 is 5.54 Å². The molecule has 1 aliphatic heterocycles. The number of carbonyl (C=O) groups excluding carboxylic acids is 1. The van der Waals surface area contributed by atoms with Crippen molar-refractivity contribution in [3.63, 3.8) is 0 Å². The molecular formula is C14H20N2O2. The summed E-state index contributed by atoms with van der Waals surface area (Å²) in [5, 5.41) is 2.97. The molecular weight excluding hydrogens is 228 g/mol. The van der Waals surface area contributed by atoms with Gasteiger partial charge in [-0.15, -0.1) is 0 Å². The van der Waals surface area contributed by atoms with Crippen molar-refractivity contribution in [2.24, 2.45) is 5.73 Å². The summed E-state index contributed by atoms with van der Waals surface area (Å²) in [6, 6.07) is 5.94. The second-order valence-corrected chi connectivity index (χ2v) is 4.99. The van der Waals surface area contributed by atoms with Crippen molar-refractivity contribution in [1.29, 1.82) is 0 Å². The first-order valence-electron chi connectivity index (χ1n) is 6.27. The summed E-state index contributed by atoms with van der Waals surface area (Å²) in [5.74, 6) is -0.108. The molecule has 1 aromatic carbocycles. The molecule has 3 N–H and O–H groups in total. The number of anilines is 1. The molecule has 1 amide bonds. The van der Waals surface area contributed by atoms with Crippen LogP contribution in [0.3, 0.4) is 0 Å². The molecule has 0 aliphatic carbocycles. The van der Waals surface area contributed by atoms with Gasteiger partial charge >= 0.3 is 0 Å². The molecule has 1 heterocycles. The molecule has 4 nitrogen and oxygen atoms in total. The molecule has 0 spiro atoms. The van der Waals surface area contributed by atoms with Crippen LogP contribution >= 0.6 is 0 Å². The summed E-state index contributed by atoms with van der Waals surface area (Å²) in [7, 11) is 0. The quantitative estimate of drug-likeness (QED) is 0.838. The molecule has 4 heteroatoms. The zero-order valence-corrected chi connectivity index (χ0v) is 11.0. The Morgan fingerprint density at radius 3 is 2.39 bits per heavy atom. The lowest BCUT2D eigenvalue weighted by Crippen LogP contribution is -2.54. The third-order valence-corrected chi connectivity index (χ3v) is 3.56. The van der Waals surface area contributed by atoms with Crippen molar-refractivity contribution in [3.8, 4) is 0 Å². The Hall–Kier alpha value is -1.39. The van der Waals surface area contributed by atoms with Crippen molar-refractivity contribution in [1.82, 2.24) is 0 Å². The third kappa shape index (κ3) is 2.54. The maximum atomic E-state index is 12.3. The van der Waals surface area contributed by atoms with Crippen molar-refractivity contribution in [2.75, 3.05) is 18.5 Å². The van der Waals surface area contributed by atoms with Gasteiger partial charge in [-0.3, -0.25) is 4.79 Å². The summed E-state index contributed by atoms with van der Waals surface area (Å²) in [6.45, 7) is 5.07. The van der Waals surface area contributed by atoms with Crippen LogP contribution in [-0.2, 0) is 9.53 Å². The van der Waals surface area contributed by atoms with Crippen LogP contribution in [0.2, 0.25) is 0 Å². The van der Waals surface area contributed by atoms with Gasteiger partial charge in [0.05, 0.1) is 0 Å². The first kappa shape index (κ1) is 13.1. The number of nitrogens with one attached hydrogen (secondary N) is 1. The summed E-state index contributed by atoms with van der Waals surface area (Å²) in [5.41, 5.74) is 8.34. The lowest BCUT2D eigenvalue weighted by atomic mass is 9.90. The highest BCUT2D eigenvalue weighted by molar-refractivity contribution is 5.99. The van der Waals surface area contributed by atoms with E-state index >= 15 is 0 Å². The molecule has 1 fully saturated rings. The first-order valence-corrected chi connectivity index (χ1v) is 6.27. The van der Waals surface area contributed by atoms with Gasteiger partial charge in [0.15, 0.2) is 0 Å². The molecule has 1 aromatic rings. The predicted molar refractivity (Wildman–Crippen MR) is 71.5 cm³/mol. The molecule has 0 unspecified atom stereocenters. The van der Waals surface area contributed by atoms with Gasteiger partial charge in [0.25, 0.3) is 0 Å². The Morgan fingerprint density at radius 2 is 1.83 bits per heavy atom. The first-order chi connectivity index (χ1) is 8.53. The predicted octanol–water partition coefficient (Wildman–Crippen LogP) is 1.75. The molecule has 1 aliphatic rings. The fourth-order valence-corrected chi connectivity index (χ4v) is 2.21. The van der Waals surface area contributed by atoms with E-state index in [1.807, 2.05) is 32.0 Å². The van der Waals surface area contributed by atoms with Crippen molar-refractivity contribution in [2.45, 2.75) is 32.2 Å². The largest absolute Gasteiger partial charge is 0.381 e. The van der Waals surface area contributed by atoms with Gasteiger partial charge in [-0.1, -0.05) is 18.2 Å². The van der Waals surface area contributed by atoms with Crippen LogP contribution in [0.1, 0.15) is 24.0 Å². The van der Waals surface area contributed by atoms with Gasteiger partial charge in [-0.05, 0) is 37.8 Å².